The molecular formula is C56H67ClN14O4. The zero-order chi connectivity index (χ0) is 52.7. The fourth-order valence-electron chi connectivity index (χ4n) is 8.90. The standard InChI is InChI=1S/C56H66N14O4.ClH/c1-12-53(71)59-43-31-45(63-55-57-24-21-41(61-55)39-35-68(6)47-19-15-13-17-37(39)47)52(74-11)34-50(43)67(5)28-30-70(8,9)29-23-54(72)60-44-32-46(51(73-10)33-49(44)66(4)27-26-65(2)3)64-56-58-25-22-42(62-56)40-36-69(7)48-20-16-14-18-38(40)48;/h12-22,24-25,31-36H,1,23,26-30H2,2-11H3,(H3-,57,58,59,60,61,62,63,64,71,72);1H. The number of amides is 2. The van der Waals surface area contributed by atoms with Crippen LogP contribution in [0.2, 0.25) is 0 Å². The third-order valence-electron chi connectivity index (χ3n) is 13.2. The van der Waals surface area contributed by atoms with Gasteiger partial charge in [-0.3, -0.25) is 9.59 Å². The van der Waals surface area contributed by atoms with Crippen LogP contribution >= 0.6 is 0 Å². The second-order valence-electron chi connectivity index (χ2n) is 19.3. The van der Waals surface area contributed by atoms with Crippen molar-refractivity contribution in [3.8, 4) is 34.0 Å². The number of nitrogens with one attached hydrogen (secondary N) is 4. The molecule has 18 nitrogen and oxygen atoms in total. The fourth-order valence-corrected chi connectivity index (χ4v) is 8.90. The van der Waals surface area contributed by atoms with Gasteiger partial charge in [0.15, 0.2) is 0 Å². The van der Waals surface area contributed by atoms with Gasteiger partial charge >= 0.3 is 0 Å². The Morgan fingerprint density at radius 1 is 0.653 bits per heavy atom. The van der Waals surface area contributed by atoms with Crippen molar-refractivity contribution in [2.45, 2.75) is 6.42 Å². The molecule has 0 spiro atoms. The number of fused-ring (bicyclic) bond motifs is 2. The van der Waals surface area contributed by atoms with E-state index in [1.165, 1.54) is 6.08 Å². The van der Waals surface area contributed by atoms with E-state index < -0.39 is 0 Å². The van der Waals surface area contributed by atoms with Crippen LogP contribution in [0.15, 0.2) is 122 Å². The van der Waals surface area contributed by atoms with Gasteiger partial charge in [-0.05, 0) is 56.6 Å². The van der Waals surface area contributed by atoms with Crippen molar-refractivity contribution in [3.63, 3.8) is 0 Å². The van der Waals surface area contributed by atoms with Gasteiger partial charge in [0.25, 0.3) is 0 Å². The minimum absolute atomic E-state index is 0. The topological polar surface area (TPSA) is 172 Å². The Kier molecular flexibility index (Phi) is 17.3. The van der Waals surface area contributed by atoms with E-state index in [0.717, 1.165) is 62.2 Å². The number of hydrogen-bond donors (Lipinski definition) is 4. The maximum Gasteiger partial charge on any atom is 0.247 e. The van der Waals surface area contributed by atoms with E-state index in [9.17, 15) is 9.59 Å². The predicted molar refractivity (Wildman–Crippen MR) is 299 cm³/mol. The summed E-state index contributed by atoms with van der Waals surface area (Å²) in [6.45, 7) is 6.98. The second kappa shape index (κ2) is 23.8. The van der Waals surface area contributed by atoms with Crippen LogP contribution < -0.4 is 52.9 Å². The summed E-state index contributed by atoms with van der Waals surface area (Å²) in [7, 11) is 19.5. The first-order valence-electron chi connectivity index (χ1n) is 24.4. The van der Waals surface area contributed by atoms with Gasteiger partial charge in [0.05, 0.1) is 99.9 Å². The van der Waals surface area contributed by atoms with Crippen LogP contribution in [0, 0.1) is 0 Å². The molecular weight excluding hydrogens is 968 g/mol. The number of aryl methyl sites for hydroxylation is 2. The third-order valence-corrected chi connectivity index (χ3v) is 13.2. The highest BCUT2D eigenvalue weighted by molar-refractivity contribution is 6.02. The Bertz CT molecular complexity index is 3330. The van der Waals surface area contributed by atoms with E-state index in [-0.39, 0.29) is 30.6 Å². The van der Waals surface area contributed by atoms with Crippen molar-refractivity contribution >= 4 is 79.6 Å². The van der Waals surface area contributed by atoms with Gasteiger partial charge in [-0.2, -0.15) is 0 Å². The van der Waals surface area contributed by atoms with Crippen molar-refractivity contribution < 1.29 is 36.0 Å². The number of hydrogen-bond acceptors (Lipinski definition) is 13. The molecule has 0 aliphatic rings. The number of ether oxygens (including phenoxy) is 2. The van der Waals surface area contributed by atoms with E-state index in [1.807, 2.05) is 103 Å². The zero-order valence-corrected chi connectivity index (χ0v) is 45.2. The van der Waals surface area contributed by atoms with Gasteiger partial charge in [-0.1, -0.05) is 43.0 Å². The van der Waals surface area contributed by atoms with Crippen molar-refractivity contribution in [1.82, 2.24) is 34.0 Å². The maximum atomic E-state index is 14.0. The monoisotopic (exact) mass is 1030 g/mol. The van der Waals surface area contributed by atoms with Crippen LogP contribution in [0.5, 0.6) is 11.5 Å². The molecule has 0 aliphatic heterocycles. The number of benzene rings is 4. The quantitative estimate of drug-likeness (QED) is 0.0478. The summed E-state index contributed by atoms with van der Waals surface area (Å²) in [4.78, 5) is 52.0. The molecule has 0 bridgehead atoms. The molecule has 0 saturated heterocycles. The summed E-state index contributed by atoms with van der Waals surface area (Å²) >= 11 is 0. The van der Waals surface area contributed by atoms with Gasteiger partial charge in [0, 0.05) is 111 Å². The summed E-state index contributed by atoms with van der Waals surface area (Å²) in [5.74, 6) is 1.36. The average molecular weight is 1040 g/mol. The number of halogens is 1. The summed E-state index contributed by atoms with van der Waals surface area (Å²) in [6, 6.07) is 27.7. The van der Waals surface area contributed by atoms with E-state index in [1.54, 1.807) is 26.6 Å². The molecule has 2 amide bonds. The van der Waals surface area contributed by atoms with E-state index in [0.29, 0.717) is 76.8 Å². The Morgan fingerprint density at radius 3 is 1.61 bits per heavy atom. The van der Waals surface area contributed by atoms with Crippen molar-refractivity contribution in [2.24, 2.45) is 14.1 Å². The predicted octanol–water partition coefficient (Wildman–Crippen LogP) is 5.76. The lowest BCUT2D eigenvalue weighted by molar-refractivity contribution is -0.888. The van der Waals surface area contributed by atoms with E-state index in [2.05, 4.69) is 112 Å². The molecule has 4 heterocycles. The first kappa shape index (κ1) is 54.6. The highest BCUT2D eigenvalue weighted by Crippen LogP contribution is 2.40. The van der Waals surface area contributed by atoms with Crippen molar-refractivity contribution in [3.05, 3.63) is 122 Å². The molecule has 0 unspecified atom stereocenters. The number of likely N-dealkylation sites (N-methyl/N-ethyl adjacent to an activating group) is 4. The van der Waals surface area contributed by atoms with Crippen LogP contribution in [0.1, 0.15) is 6.42 Å². The first-order chi connectivity index (χ1) is 35.5. The number of nitrogens with zero attached hydrogens (tertiary/aromatic N) is 10. The number of rotatable bonds is 22. The summed E-state index contributed by atoms with van der Waals surface area (Å²) in [5, 5.41) is 15.1. The fraction of sp³-hybridized carbons (Fsp3) is 0.286. The van der Waals surface area contributed by atoms with Crippen LogP contribution in [0.4, 0.5) is 46.0 Å². The van der Waals surface area contributed by atoms with Crippen molar-refractivity contribution in [1.29, 1.82) is 0 Å². The number of anilines is 8. The van der Waals surface area contributed by atoms with Crippen LogP contribution in [0.3, 0.4) is 0 Å². The summed E-state index contributed by atoms with van der Waals surface area (Å²) < 4.78 is 16.5. The van der Waals surface area contributed by atoms with Gasteiger partial charge in [-0.15, -0.1) is 0 Å². The SMILES string of the molecule is C=CC(=O)Nc1cc(Nc2nccc(-c3cn(C)c4ccccc34)n2)c(OC)cc1N(C)CC[N+](C)(C)CCC(=O)Nc1cc(Nc2nccc(-c3cn(C)c4ccccc34)n2)c(OC)cc1N(C)CCN(C)C.[Cl-]. The Labute approximate surface area is 445 Å². The number of carbonyl (C=O) groups excluding carboxylic acids is 2. The summed E-state index contributed by atoms with van der Waals surface area (Å²) in [5.41, 5.74) is 9.58. The Morgan fingerprint density at radius 2 is 1.13 bits per heavy atom. The molecule has 8 rings (SSSR count). The molecule has 4 aromatic heterocycles. The van der Waals surface area contributed by atoms with E-state index in [4.69, 9.17) is 19.4 Å². The number of methoxy groups -OCH3 is 2. The molecule has 0 atom stereocenters. The Balaban J connectivity index is 0.00000820. The molecule has 4 N–H and O–H groups in total. The highest BCUT2D eigenvalue weighted by Gasteiger charge is 2.24. The molecule has 4 aromatic carbocycles. The van der Waals surface area contributed by atoms with Crippen molar-refractivity contribution in [2.75, 3.05) is 120 Å². The average Bonchev–Trinajstić information content (AvgIpc) is 3.92. The van der Waals surface area contributed by atoms with Gasteiger partial charge in [-0.25, -0.2) is 19.9 Å². The molecule has 0 fully saturated rings. The van der Waals surface area contributed by atoms with Crippen LogP contribution in [-0.2, 0) is 23.7 Å². The van der Waals surface area contributed by atoms with Gasteiger partial charge < -0.3 is 71.5 Å². The maximum absolute atomic E-state index is 14.0. The lowest BCUT2D eigenvalue weighted by atomic mass is 10.1. The molecule has 19 heteroatoms. The molecule has 75 heavy (non-hydrogen) atoms. The molecule has 392 valence electrons. The third kappa shape index (κ3) is 12.8. The largest absolute Gasteiger partial charge is 1.00 e. The number of para-hydroxylation sites is 2. The minimum Gasteiger partial charge on any atom is -1.00 e. The highest BCUT2D eigenvalue weighted by atomic mass is 35.5. The lowest BCUT2D eigenvalue weighted by Crippen LogP contribution is -3.00. The second-order valence-corrected chi connectivity index (χ2v) is 19.3. The molecule has 0 radical (unpaired) electrons. The van der Waals surface area contributed by atoms with E-state index >= 15 is 0 Å². The number of carbonyl (C=O) groups is 2. The lowest BCUT2D eigenvalue weighted by Gasteiger charge is -2.33. The summed E-state index contributed by atoms with van der Waals surface area (Å²) in [6.07, 6.45) is 9.07. The zero-order valence-electron chi connectivity index (χ0n) is 44.4. The van der Waals surface area contributed by atoms with Crippen LogP contribution in [-0.4, -0.2) is 139 Å². The number of quaternary nitrogens is 1. The Hall–Kier alpha value is -8.19. The molecule has 0 aliphatic carbocycles. The molecule has 8 aromatic rings. The van der Waals surface area contributed by atoms with Gasteiger partial charge in [0.1, 0.15) is 11.5 Å². The van der Waals surface area contributed by atoms with Crippen LogP contribution in [0.25, 0.3) is 44.3 Å². The number of aromatic nitrogens is 6. The molecule has 0 saturated carbocycles. The minimum atomic E-state index is -0.363. The first-order valence-corrected chi connectivity index (χ1v) is 24.4. The smallest absolute Gasteiger partial charge is 0.247 e. The normalized spacial score (nSPS) is 11.3. The van der Waals surface area contributed by atoms with Gasteiger partial charge in [0.2, 0.25) is 23.7 Å².